The molecule has 1 fully saturated rings. The molecule has 1 aliphatic heterocycles. The first-order valence-electron chi connectivity index (χ1n) is 9.29. The van der Waals surface area contributed by atoms with E-state index < -0.39 is 16.1 Å². The van der Waals surface area contributed by atoms with Gasteiger partial charge in [0.25, 0.3) is 22.7 Å². The second-order valence-electron chi connectivity index (χ2n) is 6.71. The lowest BCUT2D eigenvalue weighted by molar-refractivity contribution is -0.384. The normalized spacial score (nSPS) is 15.0. The van der Waals surface area contributed by atoms with Crippen LogP contribution < -0.4 is 5.32 Å². The van der Waals surface area contributed by atoms with Gasteiger partial charge in [0, 0.05) is 23.9 Å². The highest BCUT2D eigenvalue weighted by molar-refractivity contribution is 8.18. The van der Waals surface area contributed by atoms with Crippen LogP contribution in [0.3, 0.4) is 0 Å². The number of hydrogen-bond donors (Lipinski definition) is 1. The van der Waals surface area contributed by atoms with Crippen molar-refractivity contribution in [2.75, 3.05) is 13.1 Å². The number of rotatable bonds is 6. The maximum absolute atomic E-state index is 12.6. The van der Waals surface area contributed by atoms with Crippen molar-refractivity contribution in [2.45, 2.75) is 0 Å². The average molecular weight is 488 g/mol. The van der Waals surface area contributed by atoms with E-state index >= 15 is 0 Å². The third-order valence-corrected chi connectivity index (χ3v) is 6.95. The number of hydrogen-bond acceptors (Lipinski definition) is 7. The summed E-state index contributed by atoms with van der Waals surface area (Å²) in [5.41, 5.74) is 0.0910. The Morgan fingerprint density at radius 1 is 1.19 bits per heavy atom. The third kappa shape index (κ3) is 4.52. The maximum Gasteiger partial charge on any atom is 0.293 e. The predicted molar refractivity (Wildman–Crippen MR) is 125 cm³/mol. The van der Waals surface area contributed by atoms with E-state index in [9.17, 15) is 24.5 Å². The molecule has 8 nitrogen and oxygen atoms in total. The molecular formula is C21H14ClN3O5S2. The molecule has 1 N–H and O–H groups in total. The second kappa shape index (κ2) is 9.11. The van der Waals surface area contributed by atoms with Gasteiger partial charge in [-0.1, -0.05) is 35.9 Å². The molecular weight excluding hydrogens is 474 g/mol. The zero-order chi connectivity index (χ0) is 22.8. The first-order valence-corrected chi connectivity index (χ1v) is 11.3. The molecule has 2 heterocycles. The summed E-state index contributed by atoms with van der Waals surface area (Å²) in [6.07, 6.45) is 1.41. The molecule has 11 heteroatoms. The molecule has 0 atom stereocenters. The number of thiophene rings is 1. The van der Waals surface area contributed by atoms with Crippen LogP contribution in [0.4, 0.5) is 10.5 Å². The summed E-state index contributed by atoms with van der Waals surface area (Å²) in [6, 6.07) is 13.6. The summed E-state index contributed by atoms with van der Waals surface area (Å²) >= 11 is 7.91. The van der Waals surface area contributed by atoms with Crippen molar-refractivity contribution < 1.29 is 19.3 Å². The Balaban J connectivity index is 1.40. The van der Waals surface area contributed by atoms with Crippen molar-refractivity contribution in [3.05, 3.63) is 79.0 Å². The van der Waals surface area contributed by atoms with E-state index in [4.69, 9.17) is 11.6 Å². The molecule has 0 bridgehead atoms. The number of nitro groups is 1. The highest BCUT2D eigenvalue weighted by atomic mass is 35.5. The molecule has 2 aromatic carbocycles. The molecule has 0 radical (unpaired) electrons. The monoisotopic (exact) mass is 487 g/mol. The van der Waals surface area contributed by atoms with Gasteiger partial charge >= 0.3 is 0 Å². The predicted octanol–water partition coefficient (Wildman–Crippen LogP) is 4.93. The fourth-order valence-electron chi connectivity index (χ4n) is 3.07. The third-order valence-electron chi connectivity index (χ3n) is 4.61. The Labute approximate surface area is 195 Å². The van der Waals surface area contributed by atoms with Gasteiger partial charge in [0.1, 0.15) is 5.02 Å². The number of carbonyl (C=O) groups excluding carboxylic acids is 3. The lowest BCUT2D eigenvalue weighted by Crippen LogP contribution is -2.37. The van der Waals surface area contributed by atoms with Crippen LogP contribution in [-0.2, 0) is 4.79 Å². The number of amides is 3. The van der Waals surface area contributed by atoms with E-state index in [1.54, 1.807) is 6.07 Å². The van der Waals surface area contributed by atoms with Crippen LogP contribution in [0, 0.1) is 10.1 Å². The van der Waals surface area contributed by atoms with Gasteiger partial charge in [-0.15, -0.1) is 11.3 Å². The number of benzene rings is 2. The molecule has 0 unspecified atom stereocenters. The Hall–Kier alpha value is -3.21. The van der Waals surface area contributed by atoms with Crippen LogP contribution in [0.5, 0.6) is 0 Å². The molecule has 1 saturated heterocycles. The average Bonchev–Trinajstić information content (AvgIpc) is 3.31. The van der Waals surface area contributed by atoms with Crippen LogP contribution in [0.1, 0.15) is 15.2 Å². The highest BCUT2D eigenvalue weighted by Crippen LogP contribution is 2.33. The summed E-state index contributed by atoms with van der Waals surface area (Å²) in [6.45, 7) is 0.115. The molecule has 1 aromatic heterocycles. The highest BCUT2D eigenvalue weighted by Gasteiger charge is 2.34. The van der Waals surface area contributed by atoms with E-state index in [0.717, 1.165) is 26.7 Å². The van der Waals surface area contributed by atoms with Crippen LogP contribution >= 0.6 is 34.7 Å². The van der Waals surface area contributed by atoms with Gasteiger partial charge in [0.2, 0.25) is 0 Å². The first-order chi connectivity index (χ1) is 15.3. The number of imide groups is 1. The smallest absolute Gasteiger partial charge is 0.293 e. The minimum absolute atomic E-state index is 0.0133. The van der Waals surface area contributed by atoms with Crippen molar-refractivity contribution in [2.24, 2.45) is 0 Å². The van der Waals surface area contributed by atoms with E-state index in [-0.39, 0.29) is 34.6 Å². The number of carbonyl (C=O) groups is 3. The molecule has 162 valence electrons. The molecule has 0 spiro atoms. The molecule has 3 amide bonds. The summed E-state index contributed by atoms with van der Waals surface area (Å²) in [7, 11) is 0. The van der Waals surface area contributed by atoms with Gasteiger partial charge in [-0.25, -0.2) is 0 Å². The van der Waals surface area contributed by atoms with Gasteiger partial charge in [0.05, 0.1) is 14.7 Å². The van der Waals surface area contributed by atoms with Crippen molar-refractivity contribution in [3.63, 3.8) is 0 Å². The van der Waals surface area contributed by atoms with Crippen LogP contribution in [-0.4, -0.2) is 40.0 Å². The molecule has 32 heavy (non-hydrogen) atoms. The number of nitro benzene ring substituents is 1. The fourth-order valence-corrected chi connectivity index (χ4v) is 5.10. The van der Waals surface area contributed by atoms with Gasteiger partial charge in [-0.2, -0.15) is 0 Å². The Kier molecular flexibility index (Phi) is 6.26. The van der Waals surface area contributed by atoms with Gasteiger partial charge < -0.3 is 5.32 Å². The van der Waals surface area contributed by atoms with Crippen molar-refractivity contribution >= 4 is 73.6 Å². The van der Waals surface area contributed by atoms with Gasteiger partial charge in [-0.05, 0) is 47.0 Å². The van der Waals surface area contributed by atoms with Crippen LogP contribution in [0.25, 0.3) is 16.2 Å². The minimum Gasteiger partial charge on any atom is -0.350 e. The molecule has 0 aliphatic carbocycles. The van der Waals surface area contributed by atoms with Crippen molar-refractivity contribution in [3.8, 4) is 0 Å². The lowest BCUT2D eigenvalue weighted by Gasteiger charge is -2.12. The standard InChI is InChI=1S/C21H14ClN3O5S2/c22-14-6-5-12(9-15(14)25(29)30)10-18-20(27)24(21(28)32-18)8-7-23-19(26)17-11-13-3-1-2-4-16(13)31-17/h1-6,9-11H,7-8H2,(H,23,26)/b18-10-. The Bertz CT molecular complexity index is 1270. The van der Waals surface area contributed by atoms with E-state index in [1.165, 1.54) is 35.6 Å². The van der Waals surface area contributed by atoms with Crippen molar-refractivity contribution in [1.29, 1.82) is 0 Å². The number of nitrogens with one attached hydrogen (secondary N) is 1. The largest absolute Gasteiger partial charge is 0.350 e. The van der Waals surface area contributed by atoms with Crippen LogP contribution in [0.15, 0.2) is 53.4 Å². The molecule has 3 aromatic rings. The molecule has 0 saturated carbocycles. The fraction of sp³-hybridized carbons (Fsp3) is 0.0952. The number of nitrogens with zero attached hydrogens (tertiary/aromatic N) is 2. The zero-order valence-corrected chi connectivity index (χ0v) is 18.6. The SMILES string of the molecule is O=C(NCCN1C(=O)S/C(=C\c2ccc(Cl)c([N+](=O)[O-])c2)C1=O)c1cc2ccccc2s1. The number of halogens is 1. The number of fused-ring (bicyclic) bond motifs is 1. The first kappa shape index (κ1) is 22.0. The van der Waals surface area contributed by atoms with E-state index in [1.807, 2.05) is 24.3 Å². The minimum atomic E-state index is -0.620. The van der Waals surface area contributed by atoms with Crippen LogP contribution in [0.2, 0.25) is 5.02 Å². The topological polar surface area (TPSA) is 110 Å². The lowest BCUT2D eigenvalue weighted by atomic mass is 10.2. The number of thioether (sulfide) groups is 1. The van der Waals surface area contributed by atoms with Gasteiger partial charge in [-0.3, -0.25) is 29.4 Å². The second-order valence-corrected chi connectivity index (χ2v) is 9.19. The van der Waals surface area contributed by atoms with Gasteiger partial charge in [0.15, 0.2) is 0 Å². The molecule has 4 rings (SSSR count). The molecule has 1 aliphatic rings. The quantitative estimate of drug-likeness (QED) is 0.300. The Morgan fingerprint density at radius 2 is 1.97 bits per heavy atom. The zero-order valence-electron chi connectivity index (χ0n) is 16.2. The summed E-state index contributed by atoms with van der Waals surface area (Å²) in [4.78, 5) is 49.4. The summed E-state index contributed by atoms with van der Waals surface area (Å²) < 4.78 is 0.996. The summed E-state index contributed by atoms with van der Waals surface area (Å²) in [5.74, 6) is -0.795. The maximum atomic E-state index is 12.6. The summed E-state index contributed by atoms with van der Waals surface area (Å²) in [5, 5.41) is 14.2. The van der Waals surface area contributed by atoms with E-state index in [0.29, 0.717) is 10.4 Å². The Morgan fingerprint density at radius 3 is 2.72 bits per heavy atom. The van der Waals surface area contributed by atoms with Crippen molar-refractivity contribution in [1.82, 2.24) is 10.2 Å². The van der Waals surface area contributed by atoms with E-state index in [2.05, 4.69) is 5.32 Å².